The Hall–Kier alpha value is -6.46. The van der Waals surface area contributed by atoms with Gasteiger partial charge in [-0.25, -0.2) is 0 Å². The van der Waals surface area contributed by atoms with E-state index in [4.69, 9.17) is 4.42 Å². The van der Waals surface area contributed by atoms with Gasteiger partial charge in [-0.05, 0) is 169 Å². The lowest BCUT2D eigenvalue weighted by Gasteiger charge is -2.45. The predicted octanol–water partition coefficient (Wildman–Crippen LogP) is 16.2. The second kappa shape index (κ2) is 14.8. The monoisotopic (exact) mass is 918 g/mol. The van der Waals surface area contributed by atoms with E-state index in [1.54, 1.807) is 0 Å². The molecule has 352 valence electrons. The van der Waals surface area contributed by atoms with Crippen LogP contribution in [0.5, 0.6) is 0 Å². The van der Waals surface area contributed by atoms with Crippen molar-refractivity contribution in [2.45, 2.75) is 137 Å². The molecule has 12 rings (SSSR count). The van der Waals surface area contributed by atoms with E-state index in [0.29, 0.717) is 0 Å². The van der Waals surface area contributed by atoms with Crippen LogP contribution in [0.3, 0.4) is 0 Å². The van der Waals surface area contributed by atoms with Crippen LogP contribution in [0.4, 0.5) is 34.1 Å². The summed E-state index contributed by atoms with van der Waals surface area (Å²) in [5.41, 5.74) is 24.9. The summed E-state index contributed by atoms with van der Waals surface area (Å²) in [6, 6.07) is 51.6. The molecule has 0 saturated carbocycles. The first-order chi connectivity index (χ1) is 33.0. The number of aryl methyl sites for hydroxylation is 1. The lowest BCUT2D eigenvalue weighted by molar-refractivity contribution is 0.332. The third kappa shape index (κ3) is 6.62. The SMILES string of the molecule is Cc1cc2c(cc1N1c3cc(N(c4ccc(C(C)(C)C)cc4)c4ccc(C(C)(C)C)cc4)ccc3B3c4c1cc(C(C)(C)C)cc4-n1c4c3cccc4c3oc4ccccc4c31)C(C)(C)CCC2(C)C. The Balaban J connectivity index is 1.19. The second-order valence-electron chi connectivity index (χ2n) is 25.4. The number of nitrogens with zero attached hydrogens (tertiary/aromatic N) is 3. The van der Waals surface area contributed by atoms with Crippen LogP contribution in [0, 0.1) is 6.92 Å². The van der Waals surface area contributed by atoms with E-state index in [1.165, 1.54) is 84.5 Å². The van der Waals surface area contributed by atoms with Crippen LogP contribution in [-0.4, -0.2) is 11.3 Å². The highest BCUT2D eigenvalue weighted by molar-refractivity contribution is 7.00. The first-order valence-corrected chi connectivity index (χ1v) is 25.8. The summed E-state index contributed by atoms with van der Waals surface area (Å²) < 4.78 is 9.44. The number of para-hydroxylation sites is 2. The summed E-state index contributed by atoms with van der Waals surface area (Å²) >= 11 is 0. The van der Waals surface area contributed by atoms with E-state index in [9.17, 15) is 0 Å². The average molecular weight is 918 g/mol. The smallest absolute Gasteiger partial charge is 0.252 e. The minimum absolute atomic E-state index is 0.0142. The highest BCUT2D eigenvalue weighted by Gasteiger charge is 2.45. The molecule has 0 spiro atoms. The first kappa shape index (κ1) is 44.7. The van der Waals surface area contributed by atoms with E-state index < -0.39 is 0 Å². The fourth-order valence-corrected chi connectivity index (χ4v) is 12.3. The van der Waals surface area contributed by atoms with E-state index in [2.05, 4.69) is 245 Å². The van der Waals surface area contributed by atoms with Crippen LogP contribution in [0.15, 0.2) is 138 Å². The maximum absolute atomic E-state index is 6.86. The summed E-state index contributed by atoms with van der Waals surface area (Å²) in [5.74, 6) is 0. The lowest BCUT2D eigenvalue weighted by atomic mass is 9.33. The molecule has 0 amide bonds. The Kier molecular flexibility index (Phi) is 9.45. The zero-order valence-electron chi connectivity index (χ0n) is 43.9. The number of fused-ring (bicyclic) bond motifs is 10. The number of aromatic nitrogens is 1. The van der Waals surface area contributed by atoms with Gasteiger partial charge >= 0.3 is 0 Å². The van der Waals surface area contributed by atoms with Crippen molar-refractivity contribution in [2.24, 2.45) is 0 Å². The minimum Gasteiger partial charge on any atom is -0.454 e. The van der Waals surface area contributed by atoms with Crippen LogP contribution in [0.1, 0.15) is 136 Å². The molecule has 4 nitrogen and oxygen atoms in total. The number of rotatable bonds is 4. The van der Waals surface area contributed by atoms with Gasteiger partial charge in [-0.1, -0.05) is 151 Å². The van der Waals surface area contributed by atoms with Crippen molar-refractivity contribution in [2.75, 3.05) is 9.80 Å². The number of hydrogen-bond acceptors (Lipinski definition) is 3. The maximum atomic E-state index is 6.86. The first-order valence-electron chi connectivity index (χ1n) is 25.8. The largest absolute Gasteiger partial charge is 0.454 e. The Morgan fingerprint density at radius 1 is 0.500 bits per heavy atom. The Bertz CT molecular complexity index is 3560. The topological polar surface area (TPSA) is 24.6 Å². The molecule has 5 heteroatoms. The highest BCUT2D eigenvalue weighted by atomic mass is 16.3. The van der Waals surface area contributed by atoms with E-state index >= 15 is 0 Å². The molecule has 2 aliphatic heterocycles. The maximum Gasteiger partial charge on any atom is 0.252 e. The fraction of sp³-hybridized carbons (Fsp3) is 0.323. The van der Waals surface area contributed by atoms with Gasteiger partial charge in [0, 0.05) is 50.6 Å². The summed E-state index contributed by atoms with van der Waals surface area (Å²) in [7, 11) is 0. The predicted molar refractivity (Wildman–Crippen MR) is 301 cm³/mol. The van der Waals surface area contributed by atoms with Gasteiger partial charge in [-0.2, -0.15) is 0 Å². The quantitative estimate of drug-likeness (QED) is 0.164. The van der Waals surface area contributed by atoms with Crippen LogP contribution in [-0.2, 0) is 27.1 Å². The fourth-order valence-electron chi connectivity index (χ4n) is 12.3. The lowest BCUT2D eigenvalue weighted by Crippen LogP contribution is -2.60. The van der Waals surface area contributed by atoms with Gasteiger partial charge in [0.25, 0.3) is 6.71 Å². The molecule has 9 aromatic rings. The van der Waals surface area contributed by atoms with Gasteiger partial charge in [-0.3, -0.25) is 0 Å². The molecule has 2 aromatic heterocycles. The van der Waals surface area contributed by atoms with E-state index in [-0.39, 0.29) is 33.8 Å². The molecular formula is C65H68BN3O. The van der Waals surface area contributed by atoms with Crippen molar-refractivity contribution in [3.63, 3.8) is 0 Å². The summed E-state index contributed by atoms with van der Waals surface area (Å²) in [6.07, 6.45) is 2.33. The van der Waals surface area contributed by atoms with Gasteiger partial charge in [0.2, 0.25) is 0 Å². The van der Waals surface area contributed by atoms with Crippen molar-refractivity contribution in [1.82, 2.24) is 4.57 Å². The Labute approximate surface area is 416 Å². The average Bonchev–Trinajstić information content (AvgIpc) is 3.84. The third-order valence-corrected chi connectivity index (χ3v) is 16.6. The second-order valence-corrected chi connectivity index (χ2v) is 25.4. The molecular weight excluding hydrogens is 850 g/mol. The molecule has 0 unspecified atom stereocenters. The normalized spacial score (nSPS) is 15.9. The van der Waals surface area contributed by atoms with Gasteiger partial charge in [-0.15, -0.1) is 0 Å². The summed E-state index contributed by atoms with van der Waals surface area (Å²) in [5, 5.41) is 2.31. The molecule has 70 heavy (non-hydrogen) atoms. The number of benzene rings is 7. The number of hydrogen-bond donors (Lipinski definition) is 0. The molecule has 4 heterocycles. The molecule has 0 atom stereocenters. The number of anilines is 6. The highest BCUT2D eigenvalue weighted by Crippen LogP contribution is 2.52. The molecule has 1 aliphatic carbocycles. The van der Waals surface area contributed by atoms with Crippen molar-refractivity contribution in [1.29, 1.82) is 0 Å². The van der Waals surface area contributed by atoms with E-state index in [0.717, 1.165) is 50.9 Å². The molecule has 0 N–H and O–H groups in total. The van der Waals surface area contributed by atoms with Crippen molar-refractivity contribution in [3.05, 3.63) is 167 Å². The molecule has 0 bridgehead atoms. The standard InChI is InChI=1S/C65H68BN3O/c1-39-34-48-49(65(13,14)33-32-64(48,11)12)38-52(39)68-53-37-45(67(43-26-22-40(23-27-43)61(2,3)4)44-28-24-41(25-29-44)62(5,6)7)30-31-50(53)66-51-20-17-19-47-58(51)69(59-46-18-15-16-21-56(46)70-60(47)59)55-36-42(63(8,9)10)35-54(68)57(55)66/h15-31,34-38H,32-33H2,1-14H3. The zero-order chi connectivity index (χ0) is 49.2. The zero-order valence-corrected chi connectivity index (χ0v) is 43.9. The summed E-state index contributed by atoms with van der Waals surface area (Å²) in [4.78, 5) is 5.15. The van der Waals surface area contributed by atoms with Gasteiger partial charge < -0.3 is 18.8 Å². The Morgan fingerprint density at radius 2 is 1.06 bits per heavy atom. The summed E-state index contributed by atoms with van der Waals surface area (Å²) in [6.45, 7) is 33.0. The van der Waals surface area contributed by atoms with Crippen LogP contribution >= 0.6 is 0 Å². The van der Waals surface area contributed by atoms with Crippen molar-refractivity contribution >= 4 is 90.2 Å². The number of furan rings is 1. The molecule has 0 radical (unpaired) electrons. The Morgan fingerprint density at radius 3 is 1.67 bits per heavy atom. The van der Waals surface area contributed by atoms with Crippen molar-refractivity contribution < 1.29 is 4.42 Å². The van der Waals surface area contributed by atoms with Crippen LogP contribution < -0.4 is 26.2 Å². The molecule has 3 aliphatic rings. The van der Waals surface area contributed by atoms with Gasteiger partial charge in [0.05, 0.1) is 5.52 Å². The third-order valence-electron chi connectivity index (χ3n) is 16.6. The molecule has 7 aromatic carbocycles. The van der Waals surface area contributed by atoms with Crippen LogP contribution in [0.2, 0.25) is 0 Å². The van der Waals surface area contributed by atoms with Crippen LogP contribution in [0.25, 0.3) is 38.7 Å². The van der Waals surface area contributed by atoms with Crippen molar-refractivity contribution in [3.8, 4) is 5.69 Å². The van der Waals surface area contributed by atoms with Gasteiger partial charge in [0.15, 0.2) is 5.58 Å². The van der Waals surface area contributed by atoms with Gasteiger partial charge in [0.1, 0.15) is 11.1 Å². The van der Waals surface area contributed by atoms with E-state index in [1.807, 2.05) is 0 Å². The minimum atomic E-state index is -0.137. The molecule has 0 saturated heterocycles. The molecule has 0 fully saturated rings.